The van der Waals surface area contributed by atoms with Gasteiger partial charge in [-0.25, -0.2) is 4.79 Å². The monoisotopic (exact) mass is 763 g/mol. The van der Waals surface area contributed by atoms with Crippen LogP contribution in [0.3, 0.4) is 0 Å². The van der Waals surface area contributed by atoms with E-state index < -0.39 is 132 Å². The van der Waals surface area contributed by atoms with E-state index in [4.69, 9.17) is 37.9 Å². The Morgan fingerprint density at radius 3 is 2.00 bits per heavy atom. The van der Waals surface area contributed by atoms with Crippen molar-refractivity contribution in [1.29, 1.82) is 0 Å². The van der Waals surface area contributed by atoms with Crippen LogP contribution in [0.25, 0.3) is 0 Å². The molecule has 1 saturated heterocycles. The van der Waals surface area contributed by atoms with Crippen LogP contribution in [0, 0.1) is 17.3 Å². The Balaban J connectivity index is 1.96. The highest BCUT2D eigenvalue weighted by Crippen LogP contribution is 2.70. The van der Waals surface area contributed by atoms with Crippen LogP contribution in [0.1, 0.15) is 84.3 Å². The lowest BCUT2D eigenvalue weighted by Gasteiger charge is -2.67. The van der Waals surface area contributed by atoms with E-state index in [-0.39, 0.29) is 11.3 Å². The van der Waals surface area contributed by atoms with E-state index in [2.05, 4.69) is 4.98 Å². The fourth-order valence-electron chi connectivity index (χ4n) is 8.96. The first-order valence-corrected chi connectivity index (χ1v) is 17.3. The van der Waals surface area contributed by atoms with E-state index in [9.17, 15) is 43.8 Å². The van der Waals surface area contributed by atoms with E-state index in [0.717, 1.165) is 41.5 Å². The van der Waals surface area contributed by atoms with E-state index >= 15 is 0 Å². The number of aliphatic hydroxyl groups excluding tert-OH is 1. The first-order chi connectivity index (χ1) is 25.1. The van der Waals surface area contributed by atoms with E-state index in [1.807, 2.05) is 0 Å². The average Bonchev–Trinajstić information content (AvgIpc) is 3.29. The van der Waals surface area contributed by atoms with Gasteiger partial charge in [-0.2, -0.15) is 0 Å². The molecule has 0 radical (unpaired) electrons. The molecule has 18 nitrogen and oxygen atoms in total. The lowest BCUT2D eigenvalue weighted by atomic mass is 9.45. The fourth-order valence-corrected chi connectivity index (χ4v) is 8.96. The summed E-state index contributed by atoms with van der Waals surface area (Å²) in [6.07, 6.45) is -10.6. The normalized spacial score (nSPS) is 39.8. The molecule has 2 N–H and O–H groups in total. The third-order valence-electron chi connectivity index (χ3n) is 11.2. The number of nitrogens with zero attached hydrogens (tertiary/aromatic N) is 1. The maximum absolute atomic E-state index is 14.1. The molecule has 4 bridgehead atoms. The standard InChI is InChI=1S/C36H45NO17/c1-15-16(2)31(44)53-28-25(43)29(51-20(6)41)35(14-47-17(3)38)30(52-21(7)42)26(49-18(4)39)23-27(50-19(5)40)36(35,34(28,9)46)54-33(23,8)13-48-32(45)22-11-10-12-37-24(15)22/h10-12,15-16,23,25-30,43,46H,13-14H2,1-9H3/t15-,16+,23-,25+,26-,27-,28+,29+,30-,33+,34+,35+,36+/m1/s1. The second-order valence-electron chi connectivity index (χ2n) is 14.7. The zero-order chi connectivity index (χ0) is 40.3. The summed E-state index contributed by atoms with van der Waals surface area (Å²) in [6.45, 7) is 8.79. The van der Waals surface area contributed by atoms with Crippen LogP contribution < -0.4 is 0 Å². The van der Waals surface area contributed by atoms with Crippen molar-refractivity contribution in [3.63, 3.8) is 0 Å². The summed E-state index contributed by atoms with van der Waals surface area (Å²) in [4.78, 5) is 97.0. The van der Waals surface area contributed by atoms with Gasteiger partial charge < -0.3 is 48.1 Å². The van der Waals surface area contributed by atoms with Crippen LogP contribution >= 0.6 is 0 Å². The van der Waals surface area contributed by atoms with Crippen molar-refractivity contribution in [3.8, 4) is 0 Å². The first-order valence-electron chi connectivity index (χ1n) is 17.3. The second-order valence-corrected chi connectivity index (χ2v) is 14.7. The van der Waals surface area contributed by atoms with E-state index in [0.29, 0.717) is 0 Å². The van der Waals surface area contributed by atoms with Crippen LogP contribution in [0.5, 0.6) is 0 Å². The number of hydrogen-bond donors (Lipinski definition) is 2. The molecule has 54 heavy (non-hydrogen) atoms. The summed E-state index contributed by atoms with van der Waals surface area (Å²) >= 11 is 0. The number of rotatable bonds is 6. The number of esters is 7. The summed E-state index contributed by atoms with van der Waals surface area (Å²) in [7, 11) is 0. The van der Waals surface area contributed by atoms with Crippen LogP contribution in [-0.4, -0.2) is 124 Å². The molecule has 1 aromatic heterocycles. The van der Waals surface area contributed by atoms with Crippen LogP contribution in [0.4, 0.5) is 0 Å². The smallest absolute Gasteiger partial charge is 0.340 e. The topological polar surface area (TPSA) is 247 Å². The molecule has 2 aliphatic carbocycles. The van der Waals surface area contributed by atoms with Gasteiger partial charge in [0, 0.05) is 46.7 Å². The summed E-state index contributed by atoms with van der Waals surface area (Å²) < 4.78 is 47.8. The van der Waals surface area contributed by atoms with Crippen LogP contribution in [0.2, 0.25) is 0 Å². The van der Waals surface area contributed by atoms with Gasteiger partial charge in [-0.1, -0.05) is 13.8 Å². The van der Waals surface area contributed by atoms with Gasteiger partial charge in [0.25, 0.3) is 0 Å². The predicted molar refractivity (Wildman–Crippen MR) is 176 cm³/mol. The van der Waals surface area contributed by atoms with Gasteiger partial charge in [-0.3, -0.25) is 33.8 Å². The molecule has 0 amide bonds. The molecule has 4 aliphatic rings. The summed E-state index contributed by atoms with van der Waals surface area (Å²) in [5, 5.41) is 25.4. The molecule has 0 aromatic carbocycles. The van der Waals surface area contributed by atoms with Crippen molar-refractivity contribution in [1.82, 2.24) is 4.98 Å². The Morgan fingerprint density at radius 2 is 1.43 bits per heavy atom. The minimum atomic E-state index is -2.78. The summed E-state index contributed by atoms with van der Waals surface area (Å²) in [5.74, 6) is -10.4. The highest BCUT2D eigenvalue weighted by atomic mass is 16.7. The number of aliphatic hydroxyl groups is 2. The minimum Gasteiger partial charge on any atom is -0.465 e. The van der Waals surface area contributed by atoms with Crippen molar-refractivity contribution in [3.05, 3.63) is 29.6 Å². The summed E-state index contributed by atoms with van der Waals surface area (Å²) in [5.41, 5.74) is -9.90. The van der Waals surface area contributed by atoms with Gasteiger partial charge in [0.05, 0.1) is 23.1 Å². The van der Waals surface area contributed by atoms with Gasteiger partial charge in [0.15, 0.2) is 17.8 Å². The highest BCUT2D eigenvalue weighted by Gasteiger charge is 2.91. The molecule has 5 rings (SSSR count). The van der Waals surface area contributed by atoms with E-state index in [1.54, 1.807) is 6.92 Å². The molecule has 3 fully saturated rings. The number of hydrogen-bond acceptors (Lipinski definition) is 18. The number of pyridine rings is 1. The Hall–Kier alpha value is -4.68. The van der Waals surface area contributed by atoms with Crippen molar-refractivity contribution in [2.75, 3.05) is 13.2 Å². The first kappa shape index (κ1) is 40.5. The molecule has 3 heterocycles. The van der Waals surface area contributed by atoms with Gasteiger partial charge in [0.2, 0.25) is 0 Å². The molecule has 1 spiro atoms. The van der Waals surface area contributed by atoms with Crippen molar-refractivity contribution in [2.45, 2.75) is 122 Å². The molecular formula is C36H45NO17. The number of cyclic esters (lactones) is 1. The number of fused-ring (bicyclic) bond motifs is 5. The zero-order valence-electron chi connectivity index (χ0n) is 31.3. The quantitative estimate of drug-likeness (QED) is 0.295. The molecule has 2 saturated carbocycles. The highest BCUT2D eigenvalue weighted by molar-refractivity contribution is 5.91. The van der Waals surface area contributed by atoms with Gasteiger partial charge in [-0.05, 0) is 26.0 Å². The van der Waals surface area contributed by atoms with Crippen LogP contribution in [-0.2, 0) is 66.7 Å². The Morgan fingerprint density at radius 1 is 0.852 bits per heavy atom. The number of aromatic nitrogens is 1. The predicted octanol–water partition coefficient (Wildman–Crippen LogP) is 0.463. The molecule has 0 unspecified atom stereocenters. The largest absolute Gasteiger partial charge is 0.465 e. The molecule has 296 valence electrons. The SMILES string of the molecule is CC(=O)OC[C@]12[C@H](OC(C)=O)[C@H](OC(C)=O)[C@@H]3[C@@H](OC(C)=O)[C@@]14O[C@@]3(C)COC(=O)c1cccnc1[C@H](C)[C@H](C)C(=O)O[C@@H]([C@H](O)[C@@H]2OC(C)=O)[C@]4(C)O. The molecule has 13 atom stereocenters. The Labute approximate surface area is 310 Å². The van der Waals surface area contributed by atoms with Gasteiger partial charge in [0.1, 0.15) is 54.2 Å². The lowest BCUT2D eigenvalue weighted by molar-refractivity contribution is -0.386. The Bertz CT molecular complexity index is 1740. The summed E-state index contributed by atoms with van der Waals surface area (Å²) in [6, 6.07) is 2.91. The number of carbonyl (C=O) groups excluding carboxylic acids is 7. The maximum Gasteiger partial charge on any atom is 0.340 e. The van der Waals surface area contributed by atoms with Crippen molar-refractivity contribution < 1.29 is 81.7 Å². The third kappa shape index (κ3) is 6.17. The molecule has 18 heteroatoms. The van der Waals surface area contributed by atoms with Crippen molar-refractivity contribution in [2.24, 2.45) is 17.3 Å². The number of carbonyl (C=O) groups is 7. The zero-order valence-corrected chi connectivity index (χ0v) is 31.3. The number of ether oxygens (including phenoxy) is 8. The molecule has 1 aromatic rings. The van der Waals surface area contributed by atoms with Crippen LogP contribution in [0.15, 0.2) is 18.3 Å². The molecule has 2 aliphatic heterocycles. The Kier molecular flexibility index (Phi) is 10.6. The maximum atomic E-state index is 14.1. The van der Waals surface area contributed by atoms with Gasteiger partial charge in [-0.15, -0.1) is 0 Å². The van der Waals surface area contributed by atoms with Crippen molar-refractivity contribution >= 4 is 41.8 Å². The minimum absolute atomic E-state index is 0.0262. The lowest BCUT2D eigenvalue weighted by Crippen LogP contribution is -2.89. The van der Waals surface area contributed by atoms with Gasteiger partial charge >= 0.3 is 41.8 Å². The average molecular weight is 764 g/mol. The second kappa shape index (κ2) is 14.2. The fraction of sp³-hybridized carbons (Fsp3) is 0.667. The van der Waals surface area contributed by atoms with E-state index in [1.165, 1.54) is 32.2 Å². The molecular weight excluding hydrogens is 718 g/mol. The third-order valence-corrected chi connectivity index (χ3v) is 11.2.